The smallest absolute Gasteiger partial charge is 0.250 e. The molecular weight excluding hydrogens is 308 g/mol. The fourth-order valence-electron chi connectivity index (χ4n) is 4.43. The maximum Gasteiger partial charge on any atom is 0.250 e. The molecule has 1 fully saturated rings. The van der Waals surface area contributed by atoms with Crippen molar-refractivity contribution in [2.24, 2.45) is 23.2 Å². The standard InChI is InChI=1S/C22H40OSi/c1-10-13-22(7)14-18-12-11-16(2)17(3)20(18)19(15-22)23-24(8,9)21(4,5)6/h10,13,16-18H,11-12,14-15H2,1-9H3. The van der Waals surface area contributed by atoms with E-state index in [9.17, 15) is 0 Å². The highest BCUT2D eigenvalue weighted by Crippen LogP contribution is 2.53. The van der Waals surface area contributed by atoms with E-state index in [0.29, 0.717) is 5.92 Å². The van der Waals surface area contributed by atoms with Gasteiger partial charge in [-0.25, -0.2) is 0 Å². The van der Waals surface area contributed by atoms with Crippen molar-refractivity contribution in [2.75, 3.05) is 0 Å². The summed E-state index contributed by atoms with van der Waals surface area (Å²) >= 11 is 0. The van der Waals surface area contributed by atoms with Crippen LogP contribution in [0.25, 0.3) is 0 Å². The fourth-order valence-corrected chi connectivity index (χ4v) is 5.54. The summed E-state index contributed by atoms with van der Waals surface area (Å²) < 4.78 is 6.96. The Labute approximate surface area is 152 Å². The molecule has 2 aliphatic carbocycles. The van der Waals surface area contributed by atoms with E-state index < -0.39 is 8.32 Å². The van der Waals surface area contributed by atoms with E-state index in [2.05, 4.69) is 73.7 Å². The van der Waals surface area contributed by atoms with E-state index in [4.69, 9.17) is 4.43 Å². The van der Waals surface area contributed by atoms with Crippen LogP contribution in [0.4, 0.5) is 0 Å². The average molecular weight is 349 g/mol. The molecule has 2 aliphatic rings. The zero-order chi connectivity index (χ0) is 18.3. The molecule has 0 radical (unpaired) electrons. The lowest BCUT2D eigenvalue weighted by molar-refractivity contribution is 0.171. The lowest BCUT2D eigenvalue weighted by atomic mass is 9.61. The molecule has 0 N–H and O–H groups in total. The van der Waals surface area contributed by atoms with Gasteiger partial charge in [-0.05, 0) is 73.1 Å². The first kappa shape index (κ1) is 19.8. The van der Waals surface area contributed by atoms with Gasteiger partial charge in [0.05, 0.1) is 5.76 Å². The van der Waals surface area contributed by atoms with E-state index >= 15 is 0 Å². The van der Waals surface area contributed by atoms with Crippen LogP contribution in [0.5, 0.6) is 0 Å². The van der Waals surface area contributed by atoms with Crippen LogP contribution in [-0.2, 0) is 4.43 Å². The quantitative estimate of drug-likeness (QED) is 0.383. The van der Waals surface area contributed by atoms with E-state index in [1.807, 2.05) is 0 Å². The molecule has 138 valence electrons. The van der Waals surface area contributed by atoms with E-state index in [1.165, 1.54) is 25.0 Å². The highest BCUT2D eigenvalue weighted by atomic mass is 28.4. The molecule has 4 atom stereocenters. The molecule has 0 bridgehead atoms. The van der Waals surface area contributed by atoms with Crippen LogP contribution in [0.1, 0.15) is 74.1 Å². The first-order valence-electron chi connectivity index (χ1n) is 9.96. The molecule has 24 heavy (non-hydrogen) atoms. The van der Waals surface area contributed by atoms with Gasteiger partial charge >= 0.3 is 0 Å². The van der Waals surface area contributed by atoms with Gasteiger partial charge in [0, 0.05) is 6.42 Å². The van der Waals surface area contributed by atoms with Crippen LogP contribution in [0.3, 0.4) is 0 Å². The van der Waals surface area contributed by atoms with Gasteiger partial charge < -0.3 is 4.43 Å². The van der Waals surface area contributed by atoms with Gasteiger partial charge in [-0.15, -0.1) is 0 Å². The van der Waals surface area contributed by atoms with Gasteiger partial charge in [0.2, 0.25) is 8.32 Å². The third kappa shape index (κ3) is 3.84. The molecule has 0 aliphatic heterocycles. The highest BCUT2D eigenvalue weighted by molar-refractivity contribution is 6.74. The van der Waals surface area contributed by atoms with Crippen molar-refractivity contribution >= 4 is 8.32 Å². The van der Waals surface area contributed by atoms with Crippen LogP contribution in [-0.4, -0.2) is 8.32 Å². The van der Waals surface area contributed by atoms with Crippen molar-refractivity contribution < 1.29 is 4.43 Å². The summed E-state index contributed by atoms with van der Waals surface area (Å²) in [5.41, 5.74) is 1.95. The highest BCUT2D eigenvalue weighted by Gasteiger charge is 2.45. The summed E-state index contributed by atoms with van der Waals surface area (Å²) in [6, 6.07) is 0. The van der Waals surface area contributed by atoms with Crippen molar-refractivity contribution in [3.63, 3.8) is 0 Å². The van der Waals surface area contributed by atoms with Gasteiger partial charge in [0.15, 0.2) is 0 Å². The number of fused-ring (bicyclic) bond motifs is 1. The van der Waals surface area contributed by atoms with Gasteiger partial charge in [-0.3, -0.25) is 0 Å². The molecule has 0 aromatic carbocycles. The summed E-state index contributed by atoms with van der Waals surface area (Å²) in [7, 11) is -1.79. The van der Waals surface area contributed by atoms with E-state index in [1.54, 1.807) is 5.57 Å². The summed E-state index contributed by atoms with van der Waals surface area (Å²) in [5.74, 6) is 3.57. The topological polar surface area (TPSA) is 9.23 Å². The van der Waals surface area contributed by atoms with Crippen molar-refractivity contribution in [2.45, 2.75) is 92.3 Å². The predicted octanol–water partition coefficient (Wildman–Crippen LogP) is 7.32. The third-order valence-electron chi connectivity index (χ3n) is 7.11. The molecule has 1 nitrogen and oxygen atoms in total. The van der Waals surface area contributed by atoms with Crippen molar-refractivity contribution in [1.29, 1.82) is 0 Å². The van der Waals surface area contributed by atoms with Crippen LogP contribution >= 0.6 is 0 Å². The second-order valence-electron chi connectivity index (χ2n) is 10.3. The normalized spacial score (nSPS) is 35.3. The van der Waals surface area contributed by atoms with Crippen LogP contribution in [0.15, 0.2) is 23.5 Å². The number of allylic oxidation sites excluding steroid dienone is 4. The second-order valence-corrected chi connectivity index (χ2v) is 15.0. The van der Waals surface area contributed by atoms with Crippen LogP contribution in [0.2, 0.25) is 18.1 Å². The van der Waals surface area contributed by atoms with Gasteiger partial charge in [-0.1, -0.05) is 53.7 Å². The molecule has 2 heteroatoms. The summed E-state index contributed by atoms with van der Waals surface area (Å²) in [5, 5.41) is 0.258. The molecule has 0 saturated heterocycles. The predicted molar refractivity (Wildman–Crippen MR) is 109 cm³/mol. The SMILES string of the molecule is CC=CC1(C)CC(O[Si](C)(C)C(C)(C)C)=C2C(CCC(C)C2C)C1. The van der Waals surface area contributed by atoms with Crippen LogP contribution < -0.4 is 0 Å². The van der Waals surface area contributed by atoms with E-state index in [0.717, 1.165) is 18.3 Å². The Balaban J connectivity index is 2.46. The minimum atomic E-state index is -1.79. The minimum Gasteiger partial charge on any atom is -0.547 e. The molecule has 0 aromatic heterocycles. The number of rotatable bonds is 3. The molecule has 0 spiro atoms. The largest absolute Gasteiger partial charge is 0.547 e. The lowest BCUT2D eigenvalue weighted by Gasteiger charge is -2.48. The molecule has 1 saturated carbocycles. The minimum absolute atomic E-state index is 0.258. The monoisotopic (exact) mass is 348 g/mol. The maximum absolute atomic E-state index is 6.96. The first-order chi connectivity index (χ1) is 10.9. The first-order valence-corrected chi connectivity index (χ1v) is 12.9. The Bertz CT molecular complexity index is 523. The average Bonchev–Trinajstić information content (AvgIpc) is 2.41. The number of hydrogen-bond donors (Lipinski definition) is 0. The Kier molecular flexibility index (Phi) is 5.50. The van der Waals surface area contributed by atoms with Crippen molar-refractivity contribution in [3.8, 4) is 0 Å². The zero-order valence-electron chi connectivity index (χ0n) is 17.6. The third-order valence-corrected chi connectivity index (χ3v) is 11.5. The zero-order valence-corrected chi connectivity index (χ0v) is 18.6. The summed E-state index contributed by atoms with van der Waals surface area (Å²) in [4.78, 5) is 0. The van der Waals surface area contributed by atoms with Gasteiger partial charge in [-0.2, -0.15) is 0 Å². The molecule has 2 rings (SSSR count). The van der Waals surface area contributed by atoms with Crippen LogP contribution in [0, 0.1) is 23.2 Å². The molecular formula is C22H40OSi. The lowest BCUT2D eigenvalue weighted by Crippen LogP contribution is -2.43. The second kappa shape index (κ2) is 6.66. The Morgan fingerprint density at radius 2 is 1.79 bits per heavy atom. The van der Waals surface area contributed by atoms with Crippen molar-refractivity contribution in [1.82, 2.24) is 0 Å². The molecule has 4 unspecified atom stereocenters. The Morgan fingerprint density at radius 1 is 1.17 bits per heavy atom. The van der Waals surface area contributed by atoms with Gasteiger partial charge in [0.25, 0.3) is 0 Å². The Morgan fingerprint density at radius 3 is 2.33 bits per heavy atom. The molecule has 0 aromatic rings. The van der Waals surface area contributed by atoms with Gasteiger partial charge in [0.1, 0.15) is 0 Å². The Hall–Kier alpha value is -0.503. The molecule has 0 amide bonds. The number of hydrogen-bond acceptors (Lipinski definition) is 1. The maximum atomic E-state index is 6.96. The molecule has 0 heterocycles. The summed E-state index contributed by atoms with van der Waals surface area (Å²) in [6.45, 7) is 21.3. The van der Waals surface area contributed by atoms with E-state index in [-0.39, 0.29) is 10.5 Å². The summed E-state index contributed by atoms with van der Waals surface area (Å²) in [6.07, 6.45) is 9.78. The fraction of sp³-hybridized carbons (Fsp3) is 0.818. The van der Waals surface area contributed by atoms with Crippen molar-refractivity contribution in [3.05, 3.63) is 23.5 Å².